The van der Waals surface area contributed by atoms with Gasteiger partial charge in [-0.3, -0.25) is 4.79 Å². The standard InChI is InChI=1S/C12H16F2N2O2/c1-18-6-5-16-12(17)8-15-7-9-10(13)3-2-4-11(9)14/h2-4,15H,5-8H2,1H3,(H,16,17). The Labute approximate surface area is 104 Å². The fraction of sp³-hybridized carbons (Fsp3) is 0.417. The van der Waals surface area contributed by atoms with Crippen LogP contribution in [0.4, 0.5) is 8.78 Å². The maximum atomic E-state index is 13.2. The number of hydrogen-bond acceptors (Lipinski definition) is 3. The molecule has 1 amide bonds. The van der Waals surface area contributed by atoms with E-state index in [0.29, 0.717) is 13.2 Å². The van der Waals surface area contributed by atoms with E-state index in [0.717, 1.165) is 0 Å². The lowest BCUT2D eigenvalue weighted by atomic mass is 10.2. The van der Waals surface area contributed by atoms with Crippen molar-refractivity contribution in [2.75, 3.05) is 26.8 Å². The molecule has 1 rings (SSSR count). The van der Waals surface area contributed by atoms with Crippen molar-refractivity contribution in [1.82, 2.24) is 10.6 Å². The summed E-state index contributed by atoms with van der Waals surface area (Å²) in [6, 6.07) is 3.66. The number of nitrogens with one attached hydrogen (secondary N) is 2. The predicted octanol–water partition coefficient (Wildman–Crippen LogP) is 0.817. The van der Waals surface area contributed by atoms with Crippen molar-refractivity contribution in [2.24, 2.45) is 0 Å². The zero-order valence-corrected chi connectivity index (χ0v) is 10.1. The first-order valence-corrected chi connectivity index (χ1v) is 5.54. The van der Waals surface area contributed by atoms with E-state index in [1.165, 1.54) is 25.3 Å². The van der Waals surface area contributed by atoms with E-state index in [1.807, 2.05) is 0 Å². The summed E-state index contributed by atoms with van der Waals surface area (Å²) in [7, 11) is 1.53. The van der Waals surface area contributed by atoms with Gasteiger partial charge in [0.1, 0.15) is 11.6 Å². The van der Waals surface area contributed by atoms with Crippen LogP contribution in [0.25, 0.3) is 0 Å². The van der Waals surface area contributed by atoms with Crippen LogP contribution in [0.5, 0.6) is 0 Å². The third-order valence-corrected chi connectivity index (χ3v) is 2.28. The van der Waals surface area contributed by atoms with Gasteiger partial charge >= 0.3 is 0 Å². The second kappa shape index (κ2) is 7.73. The average Bonchev–Trinajstić information content (AvgIpc) is 2.33. The molecule has 0 bridgehead atoms. The number of rotatable bonds is 7. The van der Waals surface area contributed by atoms with Crippen LogP contribution in [0.1, 0.15) is 5.56 Å². The van der Waals surface area contributed by atoms with E-state index in [1.54, 1.807) is 0 Å². The molecule has 0 saturated carbocycles. The first-order chi connectivity index (χ1) is 8.65. The van der Waals surface area contributed by atoms with E-state index in [4.69, 9.17) is 4.74 Å². The summed E-state index contributed by atoms with van der Waals surface area (Å²) in [6.45, 7) is 0.798. The van der Waals surface area contributed by atoms with Crippen LogP contribution in [0.15, 0.2) is 18.2 Å². The van der Waals surface area contributed by atoms with Gasteiger partial charge in [0, 0.05) is 25.8 Å². The van der Waals surface area contributed by atoms with Crippen molar-refractivity contribution in [3.05, 3.63) is 35.4 Å². The molecular weight excluding hydrogens is 242 g/mol. The third kappa shape index (κ3) is 4.77. The molecule has 0 radical (unpaired) electrons. The zero-order valence-electron chi connectivity index (χ0n) is 10.1. The molecular formula is C12H16F2N2O2. The molecule has 18 heavy (non-hydrogen) atoms. The molecule has 0 atom stereocenters. The van der Waals surface area contributed by atoms with Crippen LogP contribution in [0.3, 0.4) is 0 Å². The molecule has 0 aromatic heterocycles. The van der Waals surface area contributed by atoms with Crippen LogP contribution in [0.2, 0.25) is 0 Å². The van der Waals surface area contributed by atoms with Crippen molar-refractivity contribution in [3.8, 4) is 0 Å². The normalized spacial score (nSPS) is 10.4. The predicted molar refractivity (Wildman–Crippen MR) is 63.0 cm³/mol. The van der Waals surface area contributed by atoms with E-state index in [2.05, 4.69) is 10.6 Å². The molecule has 0 saturated heterocycles. The van der Waals surface area contributed by atoms with Gasteiger partial charge in [-0.25, -0.2) is 8.78 Å². The molecule has 2 N–H and O–H groups in total. The van der Waals surface area contributed by atoms with Gasteiger partial charge in [0.2, 0.25) is 5.91 Å². The summed E-state index contributed by atoms with van der Waals surface area (Å²) in [5, 5.41) is 5.26. The lowest BCUT2D eigenvalue weighted by Gasteiger charge is -2.07. The summed E-state index contributed by atoms with van der Waals surface area (Å²) in [4.78, 5) is 11.3. The number of methoxy groups -OCH3 is 1. The molecule has 0 heterocycles. The molecule has 6 heteroatoms. The molecule has 0 fully saturated rings. The van der Waals surface area contributed by atoms with Gasteiger partial charge in [0.15, 0.2) is 0 Å². The van der Waals surface area contributed by atoms with Crippen LogP contribution in [-0.2, 0) is 16.1 Å². The number of hydrogen-bond donors (Lipinski definition) is 2. The van der Waals surface area contributed by atoms with Crippen molar-refractivity contribution < 1.29 is 18.3 Å². The Morgan fingerprint density at radius 3 is 2.61 bits per heavy atom. The maximum Gasteiger partial charge on any atom is 0.234 e. The number of amides is 1. The van der Waals surface area contributed by atoms with Gasteiger partial charge in [-0.05, 0) is 12.1 Å². The quantitative estimate of drug-likeness (QED) is 0.712. The van der Waals surface area contributed by atoms with Crippen LogP contribution < -0.4 is 10.6 Å². The van der Waals surface area contributed by atoms with Crippen LogP contribution in [0, 0.1) is 11.6 Å². The lowest BCUT2D eigenvalue weighted by Crippen LogP contribution is -2.35. The SMILES string of the molecule is COCCNC(=O)CNCc1c(F)cccc1F. The Kier molecular flexibility index (Phi) is 6.24. The molecule has 1 aromatic carbocycles. The number of benzene rings is 1. The molecule has 0 aliphatic carbocycles. The second-order valence-corrected chi connectivity index (χ2v) is 3.65. The molecule has 0 aliphatic rings. The summed E-state index contributed by atoms with van der Waals surface area (Å²) < 4.78 is 31.2. The Balaban J connectivity index is 2.31. The van der Waals surface area contributed by atoms with Gasteiger partial charge in [0.25, 0.3) is 0 Å². The molecule has 100 valence electrons. The lowest BCUT2D eigenvalue weighted by molar-refractivity contribution is -0.120. The highest BCUT2D eigenvalue weighted by Gasteiger charge is 2.08. The van der Waals surface area contributed by atoms with Gasteiger partial charge in [-0.15, -0.1) is 0 Å². The Hall–Kier alpha value is -1.53. The van der Waals surface area contributed by atoms with E-state index in [9.17, 15) is 13.6 Å². The fourth-order valence-electron chi connectivity index (χ4n) is 1.36. The Morgan fingerprint density at radius 2 is 2.00 bits per heavy atom. The monoisotopic (exact) mass is 258 g/mol. The first-order valence-electron chi connectivity index (χ1n) is 5.54. The maximum absolute atomic E-state index is 13.2. The topological polar surface area (TPSA) is 50.4 Å². The van der Waals surface area contributed by atoms with Crippen molar-refractivity contribution >= 4 is 5.91 Å². The third-order valence-electron chi connectivity index (χ3n) is 2.28. The Morgan fingerprint density at radius 1 is 1.33 bits per heavy atom. The number of halogens is 2. The average molecular weight is 258 g/mol. The number of carbonyl (C=O) groups excluding carboxylic acids is 1. The summed E-state index contributed by atoms with van der Waals surface area (Å²) >= 11 is 0. The number of carbonyl (C=O) groups is 1. The second-order valence-electron chi connectivity index (χ2n) is 3.65. The van der Waals surface area contributed by atoms with Crippen LogP contribution >= 0.6 is 0 Å². The van der Waals surface area contributed by atoms with Crippen molar-refractivity contribution in [2.45, 2.75) is 6.54 Å². The highest BCUT2D eigenvalue weighted by atomic mass is 19.1. The summed E-state index contributed by atoms with van der Waals surface area (Å²) in [5.41, 5.74) is -0.0674. The van der Waals surface area contributed by atoms with Crippen molar-refractivity contribution in [1.29, 1.82) is 0 Å². The van der Waals surface area contributed by atoms with Crippen molar-refractivity contribution in [3.63, 3.8) is 0 Å². The minimum absolute atomic E-state index is 0.00249. The summed E-state index contributed by atoms with van der Waals surface area (Å²) in [6.07, 6.45) is 0. The molecule has 0 unspecified atom stereocenters. The molecule has 4 nitrogen and oxygen atoms in total. The summed E-state index contributed by atoms with van der Waals surface area (Å²) in [5.74, 6) is -1.49. The van der Waals surface area contributed by atoms with E-state index in [-0.39, 0.29) is 24.6 Å². The largest absolute Gasteiger partial charge is 0.383 e. The molecule has 0 aliphatic heterocycles. The molecule has 1 aromatic rings. The number of ether oxygens (including phenoxy) is 1. The zero-order chi connectivity index (χ0) is 13.4. The van der Waals surface area contributed by atoms with E-state index >= 15 is 0 Å². The Bertz CT molecular complexity index is 379. The molecule has 0 spiro atoms. The van der Waals surface area contributed by atoms with Gasteiger partial charge in [0.05, 0.1) is 13.2 Å². The first kappa shape index (κ1) is 14.5. The minimum atomic E-state index is -0.623. The van der Waals surface area contributed by atoms with Crippen LogP contribution in [-0.4, -0.2) is 32.7 Å². The fourth-order valence-corrected chi connectivity index (χ4v) is 1.36. The van der Waals surface area contributed by atoms with E-state index < -0.39 is 11.6 Å². The van der Waals surface area contributed by atoms with Gasteiger partial charge in [-0.2, -0.15) is 0 Å². The smallest absolute Gasteiger partial charge is 0.234 e. The van der Waals surface area contributed by atoms with Gasteiger partial charge in [-0.1, -0.05) is 6.07 Å². The minimum Gasteiger partial charge on any atom is -0.383 e. The van der Waals surface area contributed by atoms with Gasteiger partial charge < -0.3 is 15.4 Å². The highest BCUT2D eigenvalue weighted by Crippen LogP contribution is 2.11. The highest BCUT2D eigenvalue weighted by molar-refractivity contribution is 5.77.